The molecule has 0 aromatic heterocycles. The summed E-state index contributed by atoms with van der Waals surface area (Å²) in [7, 11) is -3.92. The van der Waals surface area contributed by atoms with E-state index in [0.717, 1.165) is 11.1 Å². The summed E-state index contributed by atoms with van der Waals surface area (Å²) in [5, 5.41) is 10.6. The molecular formula is C16H17NO6S. The Morgan fingerprint density at radius 2 is 1.58 bits per heavy atom. The molecule has 2 aromatic carbocycles. The molecule has 24 heavy (non-hydrogen) atoms. The van der Waals surface area contributed by atoms with Crippen LogP contribution in [0.4, 0.5) is 5.69 Å². The lowest BCUT2D eigenvalue weighted by Crippen LogP contribution is -2.04. The molecule has 0 saturated carbocycles. The van der Waals surface area contributed by atoms with Crippen molar-refractivity contribution in [3.05, 3.63) is 69.8 Å². The Balaban J connectivity index is 1.84. The lowest BCUT2D eigenvalue weighted by Gasteiger charge is -2.07. The Kier molecular flexibility index (Phi) is 5.88. The van der Waals surface area contributed by atoms with E-state index in [4.69, 9.17) is 9.29 Å². The van der Waals surface area contributed by atoms with Crippen molar-refractivity contribution in [3.8, 4) is 5.75 Å². The molecule has 0 aliphatic rings. The van der Waals surface area contributed by atoms with Gasteiger partial charge in [-0.15, -0.1) is 0 Å². The first-order valence-corrected chi connectivity index (χ1v) is 8.85. The lowest BCUT2D eigenvalue weighted by atomic mass is 10.1. The van der Waals surface area contributed by atoms with Crippen LogP contribution in [0.1, 0.15) is 17.5 Å². The van der Waals surface area contributed by atoms with E-state index in [0.29, 0.717) is 25.2 Å². The van der Waals surface area contributed by atoms with Crippen molar-refractivity contribution >= 4 is 15.8 Å². The molecule has 8 heteroatoms. The zero-order valence-electron chi connectivity index (χ0n) is 12.8. The molecule has 0 atom stereocenters. The first-order chi connectivity index (χ1) is 11.3. The van der Waals surface area contributed by atoms with Gasteiger partial charge in [-0.3, -0.25) is 14.7 Å². The Morgan fingerprint density at radius 3 is 2.12 bits per heavy atom. The van der Waals surface area contributed by atoms with Crippen molar-refractivity contribution in [2.45, 2.75) is 19.4 Å². The SMILES string of the molecule is O=[N+]([O-])c1ccc(COc2ccc(CCCS(=O)(=O)O)cc2)cc1. The predicted molar refractivity (Wildman–Crippen MR) is 88.6 cm³/mol. The smallest absolute Gasteiger partial charge is 0.269 e. The van der Waals surface area contributed by atoms with Crippen LogP contribution in [0.2, 0.25) is 0 Å². The number of aryl methyl sites for hydroxylation is 1. The molecule has 0 unspecified atom stereocenters. The van der Waals surface area contributed by atoms with Gasteiger partial charge in [0.25, 0.3) is 15.8 Å². The van der Waals surface area contributed by atoms with Gasteiger partial charge in [0, 0.05) is 12.1 Å². The maximum absolute atomic E-state index is 10.7. The van der Waals surface area contributed by atoms with Crippen LogP contribution in [0.5, 0.6) is 5.75 Å². The largest absolute Gasteiger partial charge is 0.489 e. The van der Waals surface area contributed by atoms with Gasteiger partial charge in [-0.25, -0.2) is 0 Å². The van der Waals surface area contributed by atoms with E-state index in [1.807, 2.05) is 12.1 Å². The highest BCUT2D eigenvalue weighted by Gasteiger charge is 2.05. The fourth-order valence-corrected chi connectivity index (χ4v) is 2.60. The molecule has 2 aromatic rings. The Hall–Kier alpha value is -2.45. The first-order valence-electron chi connectivity index (χ1n) is 7.24. The summed E-state index contributed by atoms with van der Waals surface area (Å²) in [6.45, 7) is 0.292. The van der Waals surface area contributed by atoms with E-state index in [9.17, 15) is 18.5 Å². The zero-order valence-corrected chi connectivity index (χ0v) is 13.6. The first kappa shape index (κ1) is 17.9. The van der Waals surface area contributed by atoms with Crippen molar-refractivity contribution in [3.63, 3.8) is 0 Å². The second kappa shape index (κ2) is 7.89. The molecule has 0 heterocycles. The van der Waals surface area contributed by atoms with Gasteiger partial charge in [-0.1, -0.05) is 12.1 Å². The average Bonchev–Trinajstić information content (AvgIpc) is 2.53. The summed E-state index contributed by atoms with van der Waals surface area (Å²) in [5.41, 5.74) is 1.80. The second-order valence-electron chi connectivity index (χ2n) is 5.25. The van der Waals surface area contributed by atoms with Crippen LogP contribution >= 0.6 is 0 Å². The molecule has 1 N–H and O–H groups in total. The number of nitro benzene ring substituents is 1. The third kappa shape index (κ3) is 5.98. The van der Waals surface area contributed by atoms with Crippen LogP contribution < -0.4 is 4.74 Å². The molecule has 128 valence electrons. The molecular weight excluding hydrogens is 334 g/mol. The Bertz CT molecular complexity index is 784. The normalized spacial score (nSPS) is 11.2. The van der Waals surface area contributed by atoms with Crippen molar-refractivity contribution in [2.75, 3.05) is 5.75 Å². The monoisotopic (exact) mass is 351 g/mol. The van der Waals surface area contributed by atoms with E-state index in [2.05, 4.69) is 0 Å². The van der Waals surface area contributed by atoms with Gasteiger partial charge >= 0.3 is 0 Å². The van der Waals surface area contributed by atoms with Crippen LogP contribution in [0, 0.1) is 10.1 Å². The van der Waals surface area contributed by atoms with Gasteiger partial charge in [-0.2, -0.15) is 8.42 Å². The van der Waals surface area contributed by atoms with E-state index in [1.165, 1.54) is 12.1 Å². The van der Waals surface area contributed by atoms with Crippen molar-refractivity contribution in [1.82, 2.24) is 0 Å². The molecule has 7 nitrogen and oxygen atoms in total. The topological polar surface area (TPSA) is 107 Å². The molecule has 2 rings (SSSR count). The number of hydrogen-bond donors (Lipinski definition) is 1. The molecule has 0 aliphatic heterocycles. The van der Waals surface area contributed by atoms with Gasteiger partial charge in [0.1, 0.15) is 12.4 Å². The van der Waals surface area contributed by atoms with Gasteiger partial charge in [0.15, 0.2) is 0 Å². The third-order valence-electron chi connectivity index (χ3n) is 3.34. The highest BCUT2D eigenvalue weighted by atomic mass is 32.2. The minimum Gasteiger partial charge on any atom is -0.489 e. The highest BCUT2D eigenvalue weighted by Crippen LogP contribution is 2.17. The fourth-order valence-electron chi connectivity index (χ4n) is 2.09. The number of non-ortho nitro benzene ring substituents is 1. The summed E-state index contributed by atoms with van der Waals surface area (Å²) < 4.78 is 35.6. The average molecular weight is 351 g/mol. The number of rotatable bonds is 8. The molecule has 0 spiro atoms. The maximum atomic E-state index is 10.7. The molecule has 0 saturated heterocycles. The van der Waals surface area contributed by atoms with Gasteiger partial charge in [0.05, 0.1) is 10.7 Å². The van der Waals surface area contributed by atoms with Crippen LogP contribution in [-0.4, -0.2) is 23.6 Å². The fraction of sp³-hybridized carbons (Fsp3) is 0.250. The Labute approximate surface area is 139 Å². The molecule has 0 aliphatic carbocycles. The van der Waals surface area contributed by atoms with Gasteiger partial charge < -0.3 is 4.74 Å². The highest BCUT2D eigenvalue weighted by molar-refractivity contribution is 7.85. The van der Waals surface area contributed by atoms with E-state index in [1.54, 1.807) is 24.3 Å². The van der Waals surface area contributed by atoms with E-state index < -0.39 is 15.0 Å². The summed E-state index contributed by atoms with van der Waals surface area (Å²) in [4.78, 5) is 10.1. The zero-order chi connectivity index (χ0) is 17.6. The van der Waals surface area contributed by atoms with Gasteiger partial charge in [-0.05, 0) is 48.2 Å². The maximum Gasteiger partial charge on any atom is 0.269 e. The minimum absolute atomic E-state index is 0.0352. The third-order valence-corrected chi connectivity index (χ3v) is 4.15. The van der Waals surface area contributed by atoms with Crippen LogP contribution in [0.15, 0.2) is 48.5 Å². The number of nitro groups is 1. The molecule has 0 bridgehead atoms. The number of hydrogen-bond acceptors (Lipinski definition) is 5. The van der Waals surface area contributed by atoms with Gasteiger partial charge in [0.2, 0.25) is 0 Å². The quantitative estimate of drug-likeness (QED) is 0.445. The van der Waals surface area contributed by atoms with E-state index in [-0.39, 0.29) is 11.4 Å². The minimum atomic E-state index is -3.92. The predicted octanol–water partition coefficient (Wildman–Crippen LogP) is 2.99. The van der Waals surface area contributed by atoms with E-state index >= 15 is 0 Å². The standard InChI is InChI=1S/C16H17NO6S/c18-17(19)15-7-3-14(4-8-15)12-23-16-9-5-13(6-10-16)2-1-11-24(20,21)22/h3-10H,1-2,11-12H2,(H,20,21,22). The van der Waals surface area contributed by atoms with Crippen molar-refractivity contribution in [2.24, 2.45) is 0 Å². The molecule has 0 amide bonds. The number of benzene rings is 2. The number of ether oxygens (including phenoxy) is 1. The summed E-state index contributed by atoms with van der Waals surface area (Å²) in [6, 6.07) is 13.3. The van der Waals surface area contributed by atoms with Crippen LogP contribution in [0.25, 0.3) is 0 Å². The number of nitrogens with zero attached hydrogens (tertiary/aromatic N) is 1. The van der Waals surface area contributed by atoms with Crippen LogP contribution in [0.3, 0.4) is 0 Å². The lowest BCUT2D eigenvalue weighted by molar-refractivity contribution is -0.384. The summed E-state index contributed by atoms with van der Waals surface area (Å²) >= 11 is 0. The van der Waals surface area contributed by atoms with Crippen LogP contribution in [-0.2, 0) is 23.1 Å². The van der Waals surface area contributed by atoms with Crippen molar-refractivity contribution in [1.29, 1.82) is 0 Å². The summed E-state index contributed by atoms with van der Waals surface area (Å²) in [5.74, 6) is 0.387. The Morgan fingerprint density at radius 1 is 1.00 bits per heavy atom. The molecule has 0 radical (unpaired) electrons. The summed E-state index contributed by atoms with van der Waals surface area (Å²) in [6.07, 6.45) is 0.893. The van der Waals surface area contributed by atoms with Crippen molar-refractivity contribution < 1.29 is 22.6 Å². The second-order valence-corrected chi connectivity index (χ2v) is 6.82. The molecule has 0 fully saturated rings.